The van der Waals surface area contributed by atoms with Crippen LogP contribution in [0.4, 0.5) is 11.4 Å². The van der Waals surface area contributed by atoms with Crippen LogP contribution in [-0.2, 0) is 13.0 Å². The molecular formula is C18H17BrN2. The number of hydrogen-bond donors (Lipinski definition) is 0. The first-order valence-corrected chi connectivity index (χ1v) is 8.02. The average Bonchev–Trinajstić information content (AvgIpc) is 3.00. The van der Waals surface area contributed by atoms with Crippen molar-refractivity contribution in [1.29, 1.82) is 0 Å². The summed E-state index contributed by atoms with van der Waals surface area (Å²) in [7, 11) is 2.17. The zero-order valence-corrected chi connectivity index (χ0v) is 13.7. The first kappa shape index (κ1) is 13.0. The number of nitrogens with zero attached hydrogens (tertiary/aromatic N) is 2. The molecule has 0 saturated heterocycles. The second-order valence-electron chi connectivity index (χ2n) is 5.82. The number of rotatable bonds is 1. The first-order chi connectivity index (χ1) is 10.1. The third-order valence-electron chi connectivity index (χ3n) is 4.54. The summed E-state index contributed by atoms with van der Waals surface area (Å²) < 4.78 is 1.13. The second kappa shape index (κ2) is 4.63. The maximum atomic E-state index is 4.29. The highest BCUT2D eigenvalue weighted by molar-refractivity contribution is 9.10. The summed E-state index contributed by atoms with van der Waals surface area (Å²) in [6, 6.07) is 13.2. The average molecular weight is 341 g/mol. The van der Waals surface area contributed by atoms with Crippen LogP contribution in [0, 0.1) is 0 Å². The van der Waals surface area contributed by atoms with E-state index in [-0.39, 0.29) is 0 Å². The molecule has 0 amide bonds. The van der Waals surface area contributed by atoms with E-state index in [4.69, 9.17) is 0 Å². The lowest BCUT2D eigenvalue weighted by Gasteiger charge is -2.22. The zero-order valence-electron chi connectivity index (χ0n) is 12.1. The SMILES string of the molecule is C=C1c2ccc(Br)cc2CN1c1ccc2c(c1)N(C)CC2. The molecule has 0 spiro atoms. The summed E-state index contributed by atoms with van der Waals surface area (Å²) in [5, 5.41) is 0. The summed E-state index contributed by atoms with van der Waals surface area (Å²) >= 11 is 3.55. The molecule has 21 heavy (non-hydrogen) atoms. The van der Waals surface area contributed by atoms with Gasteiger partial charge in [-0.25, -0.2) is 0 Å². The molecule has 4 rings (SSSR count). The molecule has 2 aliphatic rings. The second-order valence-corrected chi connectivity index (χ2v) is 6.73. The van der Waals surface area contributed by atoms with Crippen LogP contribution in [0.15, 0.2) is 47.4 Å². The summed E-state index contributed by atoms with van der Waals surface area (Å²) in [4.78, 5) is 4.64. The van der Waals surface area contributed by atoms with Crippen molar-refractivity contribution < 1.29 is 0 Å². The molecule has 0 atom stereocenters. The Hall–Kier alpha value is -1.74. The molecule has 0 unspecified atom stereocenters. The Balaban J connectivity index is 1.73. The molecule has 0 fully saturated rings. The third-order valence-corrected chi connectivity index (χ3v) is 5.03. The van der Waals surface area contributed by atoms with Gasteiger partial charge in [0.1, 0.15) is 0 Å². The van der Waals surface area contributed by atoms with Crippen LogP contribution in [0.1, 0.15) is 16.7 Å². The van der Waals surface area contributed by atoms with E-state index in [1.807, 2.05) is 0 Å². The Morgan fingerprint density at radius 2 is 1.95 bits per heavy atom. The van der Waals surface area contributed by atoms with Crippen molar-refractivity contribution in [2.75, 3.05) is 23.4 Å². The molecule has 2 heterocycles. The van der Waals surface area contributed by atoms with Crippen molar-refractivity contribution in [1.82, 2.24) is 0 Å². The molecular weight excluding hydrogens is 324 g/mol. The van der Waals surface area contributed by atoms with Gasteiger partial charge >= 0.3 is 0 Å². The number of anilines is 2. The lowest BCUT2D eigenvalue weighted by molar-refractivity contribution is 0.956. The van der Waals surface area contributed by atoms with E-state index in [9.17, 15) is 0 Å². The van der Waals surface area contributed by atoms with Crippen LogP contribution in [0.3, 0.4) is 0 Å². The summed E-state index contributed by atoms with van der Waals surface area (Å²) in [6.07, 6.45) is 1.15. The molecule has 2 aromatic carbocycles. The first-order valence-electron chi connectivity index (χ1n) is 7.23. The Morgan fingerprint density at radius 1 is 1.10 bits per heavy atom. The van der Waals surface area contributed by atoms with Gasteiger partial charge in [-0.05, 0) is 41.8 Å². The third kappa shape index (κ3) is 1.99. The Morgan fingerprint density at radius 3 is 2.81 bits per heavy atom. The fourth-order valence-electron chi connectivity index (χ4n) is 3.33. The van der Waals surface area contributed by atoms with E-state index in [0.29, 0.717) is 0 Å². The monoisotopic (exact) mass is 340 g/mol. The van der Waals surface area contributed by atoms with Crippen molar-refractivity contribution in [3.63, 3.8) is 0 Å². The maximum Gasteiger partial charge on any atom is 0.0488 e. The lowest BCUT2D eigenvalue weighted by atomic mass is 10.1. The van der Waals surface area contributed by atoms with Crippen molar-refractivity contribution in [3.05, 3.63) is 64.1 Å². The van der Waals surface area contributed by atoms with Gasteiger partial charge in [0, 0.05) is 47.2 Å². The summed E-state index contributed by atoms with van der Waals surface area (Å²) in [5.41, 5.74) is 7.73. The van der Waals surface area contributed by atoms with E-state index in [2.05, 4.69) is 75.8 Å². The molecule has 2 aliphatic heterocycles. The van der Waals surface area contributed by atoms with E-state index in [1.165, 1.54) is 28.1 Å². The highest BCUT2D eigenvalue weighted by Crippen LogP contribution is 2.39. The number of hydrogen-bond acceptors (Lipinski definition) is 2. The molecule has 2 aromatic rings. The lowest BCUT2D eigenvalue weighted by Crippen LogP contribution is -2.15. The van der Waals surface area contributed by atoms with Crippen LogP contribution in [0.5, 0.6) is 0 Å². The predicted molar refractivity (Wildman–Crippen MR) is 92.8 cm³/mol. The van der Waals surface area contributed by atoms with Crippen LogP contribution in [-0.4, -0.2) is 13.6 Å². The molecule has 0 saturated carbocycles. The number of fused-ring (bicyclic) bond motifs is 2. The summed E-state index contributed by atoms with van der Waals surface area (Å²) in [5.74, 6) is 0. The van der Waals surface area contributed by atoms with Gasteiger partial charge < -0.3 is 9.80 Å². The topological polar surface area (TPSA) is 6.48 Å². The normalized spacial score (nSPS) is 16.4. The van der Waals surface area contributed by atoms with Crippen molar-refractivity contribution in [2.45, 2.75) is 13.0 Å². The fraction of sp³-hybridized carbons (Fsp3) is 0.222. The largest absolute Gasteiger partial charge is 0.374 e. The van der Waals surface area contributed by atoms with Crippen LogP contribution in [0.25, 0.3) is 5.70 Å². The van der Waals surface area contributed by atoms with E-state index < -0.39 is 0 Å². The van der Waals surface area contributed by atoms with Gasteiger partial charge in [0.25, 0.3) is 0 Å². The van der Waals surface area contributed by atoms with Crippen LogP contribution >= 0.6 is 15.9 Å². The van der Waals surface area contributed by atoms with Gasteiger partial charge in [-0.1, -0.05) is 34.6 Å². The molecule has 0 N–H and O–H groups in total. The molecule has 0 aliphatic carbocycles. The van der Waals surface area contributed by atoms with Crippen LogP contribution in [0.2, 0.25) is 0 Å². The standard InChI is InChI=1S/C18H17BrN2/c1-12-17-6-4-15(19)9-14(17)11-21(12)16-5-3-13-7-8-20(2)18(13)10-16/h3-6,9-10H,1,7-8,11H2,2H3. The number of likely N-dealkylation sites (N-methyl/N-ethyl adjacent to an activating group) is 1. The quantitative estimate of drug-likeness (QED) is 0.757. The number of halogens is 1. The molecule has 0 bridgehead atoms. The smallest absolute Gasteiger partial charge is 0.0488 e. The molecule has 106 valence electrons. The molecule has 0 aromatic heterocycles. The van der Waals surface area contributed by atoms with Gasteiger partial charge in [0.2, 0.25) is 0 Å². The van der Waals surface area contributed by atoms with E-state index in [0.717, 1.165) is 29.7 Å². The van der Waals surface area contributed by atoms with Gasteiger partial charge in [0.15, 0.2) is 0 Å². The number of benzene rings is 2. The predicted octanol–water partition coefficient (Wildman–Crippen LogP) is 4.43. The highest BCUT2D eigenvalue weighted by Gasteiger charge is 2.25. The minimum Gasteiger partial charge on any atom is -0.374 e. The minimum atomic E-state index is 0.899. The molecule has 0 radical (unpaired) electrons. The van der Waals surface area contributed by atoms with Crippen molar-refractivity contribution in [2.24, 2.45) is 0 Å². The Labute approximate surface area is 133 Å². The van der Waals surface area contributed by atoms with E-state index >= 15 is 0 Å². The van der Waals surface area contributed by atoms with Crippen molar-refractivity contribution >= 4 is 33.0 Å². The molecule has 3 heteroatoms. The van der Waals surface area contributed by atoms with Gasteiger partial charge in [0.05, 0.1) is 0 Å². The van der Waals surface area contributed by atoms with Gasteiger partial charge in [-0.2, -0.15) is 0 Å². The van der Waals surface area contributed by atoms with Crippen LogP contribution < -0.4 is 9.80 Å². The van der Waals surface area contributed by atoms with E-state index in [1.54, 1.807) is 0 Å². The van der Waals surface area contributed by atoms with Crippen molar-refractivity contribution in [3.8, 4) is 0 Å². The highest BCUT2D eigenvalue weighted by atomic mass is 79.9. The molecule has 2 nitrogen and oxygen atoms in total. The van der Waals surface area contributed by atoms with Gasteiger partial charge in [-0.3, -0.25) is 0 Å². The zero-order chi connectivity index (χ0) is 14.6. The minimum absolute atomic E-state index is 0.899. The summed E-state index contributed by atoms with van der Waals surface area (Å²) in [6.45, 7) is 6.31. The maximum absolute atomic E-state index is 4.29. The van der Waals surface area contributed by atoms with Gasteiger partial charge in [-0.15, -0.1) is 0 Å². The fourth-order valence-corrected chi connectivity index (χ4v) is 3.74. The Kier molecular flexibility index (Phi) is 2.86. The Bertz CT molecular complexity index is 751.